The molecule has 2 aromatic heterocycles. The van der Waals surface area contributed by atoms with Crippen molar-refractivity contribution in [3.05, 3.63) is 96.1 Å². The Hall–Kier alpha value is -4.01. The fourth-order valence-corrected chi connectivity index (χ4v) is 2.81. The number of carbonyl (C=O) groups excluding carboxylic acids is 1. The molecule has 0 saturated heterocycles. The first-order chi connectivity index (χ1) is 14.6. The van der Waals surface area contributed by atoms with Crippen LogP contribution in [0, 0.1) is 11.6 Å². The Balaban J connectivity index is 1.37. The Morgan fingerprint density at radius 2 is 1.93 bits per heavy atom. The number of nitrogens with one attached hydrogen (secondary N) is 1. The van der Waals surface area contributed by atoms with Gasteiger partial charge in [0.25, 0.3) is 5.91 Å². The van der Waals surface area contributed by atoms with Crippen molar-refractivity contribution in [3.8, 4) is 5.75 Å². The molecular weight excluding hydrogens is 392 g/mol. The number of anilines is 1. The summed E-state index contributed by atoms with van der Waals surface area (Å²) in [5.74, 6) is -1.99. The van der Waals surface area contributed by atoms with Crippen molar-refractivity contribution < 1.29 is 18.3 Å². The van der Waals surface area contributed by atoms with Gasteiger partial charge in [0.15, 0.2) is 24.0 Å². The summed E-state index contributed by atoms with van der Waals surface area (Å²) < 4.78 is 35.0. The predicted molar refractivity (Wildman–Crippen MR) is 105 cm³/mol. The van der Waals surface area contributed by atoms with Crippen LogP contribution in [0.15, 0.2) is 73.2 Å². The van der Waals surface area contributed by atoms with Gasteiger partial charge >= 0.3 is 0 Å². The minimum atomic E-state index is -0.810. The zero-order valence-electron chi connectivity index (χ0n) is 15.7. The number of nitrogens with zero attached hydrogens (tertiary/aromatic N) is 4. The molecule has 1 amide bonds. The summed E-state index contributed by atoms with van der Waals surface area (Å²) in [6.45, 7) is 0.456. The zero-order valence-corrected chi connectivity index (χ0v) is 15.7. The highest BCUT2D eigenvalue weighted by Crippen LogP contribution is 2.18. The Morgan fingerprint density at radius 3 is 2.73 bits per heavy atom. The van der Waals surface area contributed by atoms with E-state index < -0.39 is 17.5 Å². The number of halogens is 2. The fraction of sp³-hybridized carbons (Fsp3) is 0.0952. The molecule has 9 heteroatoms. The molecule has 0 saturated carbocycles. The average molecular weight is 409 g/mol. The second-order valence-corrected chi connectivity index (χ2v) is 6.45. The highest BCUT2D eigenvalue weighted by Gasteiger charge is 2.11. The number of carbonyl (C=O) groups is 1. The van der Waals surface area contributed by atoms with Crippen LogP contribution >= 0.6 is 0 Å². The third-order valence-corrected chi connectivity index (χ3v) is 4.21. The molecular formula is C21H17F2N5O2. The van der Waals surface area contributed by atoms with Crippen LogP contribution in [0.25, 0.3) is 0 Å². The van der Waals surface area contributed by atoms with Crippen molar-refractivity contribution in [1.29, 1.82) is 0 Å². The maximum absolute atomic E-state index is 13.6. The van der Waals surface area contributed by atoms with Crippen molar-refractivity contribution in [3.63, 3.8) is 0 Å². The molecule has 152 valence electrons. The summed E-state index contributed by atoms with van der Waals surface area (Å²) in [5.41, 5.74) is 1.79. The lowest BCUT2D eigenvalue weighted by atomic mass is 10.2. The summed E-state index contributed by atoms with van der Waals surface area (Å²) in [4.78, 5) is 12.5. The van der Waals surface area contributed by atoms with Crippen LogP contribution in [0.2, 0.25) is 0 Å². The number of ether oxygens (including phenoxy) is 1. The van der Waals surface area contributed by atoms with Crippen LogP contribution in [-0.4, -0.2) is 25.5 Å². The summed E-state index contributed by atoms with van der Waals surface area (Å²) in [5, 5.41) is 11.1. The SMILES string of the molecule is O=C(Nc1cccc(Cn2cccn2)c1)c1ccn(COc2ccc(F)cc2F)n1. The molecule has 0 aliphatic heterocycles. The van der Waals surface area contributed by atoms with E-state index in [9.17, 15) is 13.6 Å². The standard InChI is InChI=1S/C21H17F2N5O2/c22-16-5-6-20(18(23)12-16)30-14-28-10-7-19(26-28)21(29)25-17-4-1-3-15(11-17)13-27-9-2-8-24-27/h1-12H,13-14H2,(H,25,29). The van der Waals surface area contributed by atoms with Crippen LogP contribution in [0.4, 0.5) is 14.5 Å². The van der Waals surface area contributed by atoms with Gasteiger partial charge in [0.2, 0.25) is 0 Å². The molecule has 1 N–H and O–H groups in total. The lowest BCUT2D eigenvalue weighted by molar-refractivity contribution is 0.102. The quantitative estimate of drug-likeness (QED) is 0.505. The number of hydrogen-bond acceptors (Lipinski definition) is 4. The van der Waals surface area contributed by atoms with E-state index in [0.717, 1.165) is 17.7 Å². The summed E-state index contributed by atoms with van der Waals surface area (Å²) in [6.07, 6.45) is 5.10. The Kier molecular flexibility index (Phi) is 5.51. The number of aromatic nitrogens is 4. The van der Waals surface area contributed by atoms with Gasteiger partial charge in [0.1, 0.15) is 5.82 Å². The van der Waals surface area contributed by atoms with Crippen LogP contribution in [-0.2, 0) is 13.3 Å². The molecule has 0 atom stereocenters. The summed E-state index contributed by atoms with van der Waals surface area (Å²) in [6, 6.07) is 13.8. The van der Waals surface area contributed by atoms with Gasteiger partial charge in [-0.1, -0.05) is 12.1 Å². The number of benzene rings is 2. The minimum Gasteiger partial charge on any atom is -0.468 e. The van der Waals surface area contributed by atoms with Crippen LogP contribution < -0.4 is 10.1 Å². The highest BCUT2D eigenvalue weighted by atomic mass is 19.1. The van der Waals surface area contributed by atoms with Crippen molar-refractivity contribution in [2.24, 2.45) is 0 Å². The molecule has 0 unspecified atom stereocenters. The maximum Gasteiger partial charge on any atom is 0.276 e. The Bertz CT molecular complexity index is 1160. The van der Waals surface area contributed by atoms with E-state index in [4.69, 9.17) is 4.74 Å². The summed E-state index contributed by atoms with van der Waals surface area (Å²) in [7, 11) is 0. The second-order valence-electron chi connectivity index (χ2n) is 6.45. The van der Waals surface area contributed by atoms with Crippen LogP contribution in [0.1, 0.15) is 16.1 Å². The van der Waals surface area contributed by atoms with Gasteiger partial charge in [0, 0.05) is 30.3 Å². The third-order valence-electron chi connectivity index (χ3n) is 4.21. The van der Waals surface area contributed by atoms with Crippen molar-refractivity contribution >= 4 is 11.6 Å². The molecule has 4 rings (SSSR count). The van der Waals surface area contributed by atoms with Crippen molar-refractivity contribution in [1.82, 2.24) is 19.6 Å². The van der Waals surface area contributed by atoms with E-state index in [-0.39, 0.29) is 18.2 Å². The first kappa shape index (κ1) is 19.3. The highest BCUT2D eigenvalue weighted by molar-refractivity contribution is 6.02. The van der Waals surface area contributed by atoms with E-state index in [2.05, 4.69) is 15.5 Å². The largest absolute Gasteiger partial charge is 0.468 e. The van der Waals surface area contributed by atoms with E-state index in [1.54, 1.807) is 16.9 Å². The Morgan fingerprint density at radius 1 is 1.03 bits per heavy atom. The third kappa shape index (κ3) is 4.69. The van der Waals surface area contributed by atoms with E-state index >= 15 is 0 Å². The van der Waals surface area contributed by atoms with Gasteiger partial charge in [-0.3, -0.25) is 9.48 Å². The van der Waals surface area contributed by atoms with Gasteiger partial charge in [0.05, 0.1) is 6.54 Å². The van der Waals surface area contributed by atoms with E-state index in [1.807, 2.05) is 30.5 Å². The minimum absolute atomic E-state index is 0.105. The van der Waals surface area contributed by atoms with Crippen LogP contribution in [0.5, 0.6) is 5.75 Å². The van der Waals surface area contributed by atoms with Gasteiger partial charge < -0.3 is 10.1 Å². The molecule has 0 radical (unpaired) electrons. The van der Waals surface area contributed by atoms with Gasteiger partial charge in [-0.15, -0.1) is 0 Å². The molecule has 2 heterocycles. The molecule has 0 fully saturated rings. The van der Waals surface area contributed by atoms with Gasteiger partial charge in [-0.05, 0) is 42.0 Å². The van der Waals surface area contributed by atoms with E-state index in [1.165, 1.54) is 23.0 Å². The lowest BCUT2D eigenvalue weighted by Gasteiger charge is -2.08. The van der Waals surface area contributed by atoms with E-state index in [0.29, 0.717) is 12.2 Å². The molecule has 30 heavy (non-hydrogen) atoms. The molecule has 7 nitrogen and oxygen atoms in total. The Labute approximate surface area is 170 Å². The number of rotatable bonds is 7. The number of amides is 1. The molecule has 0 bridgehead atoms. The van der Waals surface area contributed by atoms with Crippen LogP contribution in [0.3, 0.4) is 0 Å². The molecule has 4 aromatic rings. The molecule has 2 aromatic carbocycles. The lowest BCUT2D eigenvalue weighted by Crippen LogP contribution is -2.14. The van der Waals surface area contributed by atoms with Gasteiger partial charge in [-0.25, -0.2) is 13.5 Å². The van der Waals surface area contributed by atoms with Crippen molar-refractivity contribution in [2.75, 3.05) is 5.32 Å². The maximum atomic E-state index is 13.6. The molecule has 0 spiro atoms. The fourth-order valence-electron chi connectivity index (χ4n) is 2.81. The molecule has 0 aliphatic carbocycles. The first-order valence-corrected chi connectivity index (χ1v) is 9.06. The monoisotopic (exact) mass is 409 g/mol. The number of hydrogen-bond donors (Lipinski definition) is 1. The van der Waals surface area contributed by atoms with Gasteiger partial charge in [-0.2, -0.15) is 10.2 Å². The zero-order chi connectivity index (χ0) is 20.9. The molecule has 0 aliphatic rings. The normalized spacial score (nSPS) is 10.7. The van der Waals surface area contributed by atoms with Crippen molar-refractivity contribution in [2.45, 2.75) is 13.3 Å². The smallest absolute Gasteiger partial charge is 0.276 e. The second kappa shape index (κ2) is 8.56. The topological polar surface area (TPSA) is 74.0 Å². The predicted octanol–water partition coefficient (Wildman–Crippen LogP) is 3.69. The summed E-state index contributed by atoms with van der Waals surface area (Å²) >= 11 is 0. The average Bonchev–Trinajstić information content (AvgIpc) is 3.40. The first-order valence-electron chi connectivity index (χ1n) is 9.06.